The highest BCUT2D eigenvalue weighted by Gasteiger charge is 2.17. The summed E-state index contributed by atoms with van der Waals surface area (Å²) < 4.78 is 5.33. The quantitative estimate of drug-likeness (QED) is 0.327. The second-order valence-electron chi connectivity index (χ2n) is 6.79. The highest BCUT2D eigenvalue weighted by atomic mass is 35.5. The molecule has 1 N–H and O–H groups in total. The fraction of sp³-hybridized carbons (Fsp3) is 0.174. The molecule has 6 heteroatoms. The van der Waals surface area contributed by atoms with Crippen LogP contribution in [-0.2, 0) is 0 Å². The van der Waals surface area contributed by atoms with Crippen LogP contribution in [0.3, 0.4) is 0 Å². The van der Waals surface area contributed by atoms with E-state index in [9.17, 15) is 19.5 Å². The van der Waals surface area contributed by atoms with E-state index < -0.39 is 17.2 Å². The number of benzene rings is 2. The topological polar surface area (TPSA) is 84.6 Å². The molecule has 1 aromatic heterocycles. The number of carboxylic acid groups (broad SMARTS) is 1. The first kappa shape index (κ1) is 20.6. The Bertz CT molecular complexity index is 1170. The zero-order chi connectivity index (χ0) is 21.1. The van der Waals surface area contributed by atoms with Crippen molar-refractivity contribution in [3.05, 3.63) is 86.2 Å². The molecule has 2 aromatic carbocycles. The Labute approximate surface area is 172 Å². The molecule has 0 bridgehead atoms. The molecule has 148 valence electrons. The highest BCUT2D eigenvalue weighted by Crippen LogP contribution is 2.29. The average Bonchev–Trinajstić information content (AvgIpc) is 2.70. The van der Waals surface area contributed by atoms with Gasteiger partial charge < -0.3 is 9.52 Å². The van der Waals surface area contributed by atoms with Gasteiger partial charge in [-0.15, -0.1) is 0 Å². The predicted octanol–water partition coefficient (Wildman–Crippen LogP) is 5.55. The van der Waals surface area contributed by atoms with Crippen LogP contribution < -0.4 is 5.63 Å². The van der Waals surface area contributed by atoms with Crippen molar-refractivity contribution in [2.45, 2.75) is 26.2 Å². The van der Waals surface area contributed by atoms with Crippen LogP contribution >= 0.6 is 11.6 Å². The fourth-order valence-corrected chi connectivity index (χ4v) is 3.13. The summed E-state index contributed by atoms with van der Waals surface area (Å²) in [6.45, 7) is 4.00. The number of aromatic carboxylic acids is 1. The normalized spacial score (nSPS) is 12.4. The summed E-state index contributed by atoms with van der Waals surface area (Å²) in [5, 5.41) is 10.3. The van der Waals surface area contributed by atoms with Gasteiger partial charge in [-0.2, -0.15) is 0 Å². The van der Waals surface area contributed by atoms with Gasteiger partial charge in [0.2, 0.25) is 0 Å². The van der Waals surface area contributed by atoms with Gasteiger partial charge in [-0.3, -0.25) is 4.79 Å². The number of carbonyl (C=O) groups is 2. The summed E-state index contributed by atoms with van der Waals surface area (Å²) in [6, 6.07) is 11.5. The van der Waals surface area contributed by atoms with Gasteiger partial charge in [0.05, 0.1) is 0 Å². The first-order chi connectivity index (χ1) is 13.8. The summed E-state index contributed by atoms with van der Waals surface area (Å²) >= 11 is 5.85. The van der Waals surface area contributed by atoms with Crippen LogP contribution in [0.4, 0.5) is 0 Å². The lowest BCUT2D eigenvalue weighted by Gasteiger charge is -2.13. The van der Waals surface area contributed by atoms with Crippen molar-refractivity contribution >= 4 is 40.4 Å². The molecular weight excluding hydrogens is 392 g/mol. The summed E-state index contributed by atoms with van der Waals surface area (Å²) in [5.74, 6) is -1.45. The Morgan fingerprint density at radius 1 is 1.17 bits per heavy atom. The largest absolute Gasteiger partial charge is 0.477 e. The van der Waals surface area contributed by atoms with Gasteiger partial charge in [-0.1, -0.05) is 31.5 Å². The Balaban J connectivity index is 2.08. The van der Waals surface area contributed by atoms with Gasteiger partial charge in [0, 0.05) is 16.0 Å². The van der Waals surface area contributed by atoms with Crippen LogP contribution in [-0.4, -0.2) is 16.9 Å². The van der Waals surface area contributed by atoms with Crippen LogP contribution in [0.2, 0.25) is 5.02 Å². The molecule has 0 aliphatic heterocycles. The summed E-state index contributed by atoms with van der Waals surface area (Å²) in [7, 11) is 0. The van der Waals surface area contributed by atoms with Crippen molar-refractivity contribution in [1.29, 1.82) is 0 Å². The number of rotatable bonds is 6. The second-order valence-corrected chi connectivity index (χ2v) is 7.23. The van der Waals surface area contributed by atoms with Crippen LogP contribution in [0.1, 0.15) is 58.0 Å². The third-order valence-electron chi connectivity index (χ3n) is 4.81. The third kappa shape index (κ3) is 4.46. The zero-order valence-electron chi connectivity index (χ0n) is 15.9. The number of ketones is 1. The van der Waals surface area contributed by atoms with Gasteiger partial charge in [0.1, 0.15) is 11.1 Å². The Morgan fingerprint density at radius 2 is 1.86 bits per heavy atom. The van der Waals surface area contributed by atoms with Crippen molar-refractivity contribution in [3.63, 3.8) is 0 Å². The number of hydrogen-bond donors (Lipinski definition) is 1. The van der Waals surface area contributed by atoms with Gasteiger partial charge >= 0.3 is 11.6 Å². The molecule has 0 aliphatic rings. The van der Waals surface area contributed by atoms with E-state index in [0.29, 0.717) is 27.1 Å². The SMILES string of the molecule is CCC(C)c1cc(C=CC(=O)c2ccc(Cl)cc2)cc2cc(C(=O)O)c(=O)oc12. The van der Waals surface area contributed by atoms with Crippen LogP contribution in [0.25, 0.3) is 17.0 Å². The molecule has 0 fully saturated rings. The van der Waals surface area contributed by atoms with Crippen molar-refractivity contribution in [1.82, 2.24) is 0 Å². The lowest BCUT2D eigenvalue weighted by molar-refractivity contribution is 0.0692. The van der Waals surface area contributed by atoms with Crippen LogP contribution in [0.5, 0.6) is 0 Å². The maximum atomic E-state index is 12.4. The predicted molar refractivity (Wildman–Crippen MR) is 113 cm³/mol. The molecule has 1 heterocycles. The van der Waals surface area contributed by atoms with E-state index in [1.165, 1.54) is 12.1 Å². The summed E-state index contributed by atoms with van der Waals surface area (Å²) in [6.07, 6.45) is 3.91. The molecule has 3 aromatic rings. The molecule has 0 amide bonds. The first-order valence-electron chi connectivity index (χ1n) is 9.13. The number of carbonyl (C=O) groups excluding carboxylic acids is 1. The van der Waals surface area contributed by atoms with E-state index in [-0.39, 0.29) is 11.7 Å². The second kappa shape index (κ2) is 8.45. The van der Waals surface area contributed by atoms with Gasteiger partial charge in [0.15, 0.2) is 5.78 Å². The summed E-state index contributed by atoms with van der Waals surface area (Å²) in [5.41, 5.74) is 1.07. The lowest BCUT2D eigenvalue weighted by atomic mass is 9.93. The molecule has 1 unspecified atom stereocenters. The van der Waals surface area contributed by atoms with Crippen molar-refractivity contribution in [2.24, 2.45) is 0 Å². The van der Waals surface area contributed by atoms with E-state index >= 15 is 0 Å². The number of fused-ring (bicyclic) bond motifs is 1. The van der Waals surface area contributed by atoms with E-state index in [4.69, 9.17) is 16.0 Å². The molecule has 1 atom stereocenters. The molecule has 0 aliphatic carbocycles. The smallest absolute Gasteiger partial charge is 0.351 e. The molecule has 0 radical (unpaired) electrons. The van der Waals surface area contributed by atoms with E-state index in [1.54, 1.807) is 36.4 Å². The molecule has 0 spiro atoms. The standard InChI is InChI=1S/C23H19ClO5/c1-3-13(2)18-11-14(4-9-20(25)15-5-7-17(24)8-6-15)10-16-12-19(22(26)27)23(28)29-21(16)18/h4-13H,3H2,1-2H3,(H,26,27). The molecule has 3 rings (SSSR count). The van der Waals surface area contributed by atoms with E-state index in [0.717, 1.165) is 12.0 Å². The average molecular weight is 411 g/mol. The Hall–Kier alpha value is -3.18. The molecule has 29 heavy (non-hydrogen) atoms. The summed E-state index contributed by atoms with van der Waals surface area (Å²) in [4.78, 5) is 35.7. The van der Waals surface area contributed by atoms with Crippen LogP contribution in [0.15, 0.2) is 57.8 Å². The van der Waals surface area contributed by atoms with Gasteiger partial charge in [0.25, 0.3) is 0 Å². The molecule has 0 saturated heterocycles. The van der Waals surface area contributed by atoms with Gasteiger partial charge in [-0.25, -0.2) is 9.59 Å². The van der Waals surface area contributed by atoms with Crippen molar-refractivity contribution in [2.75, 3.05) is 0 Å². The zero-order valence-corrected chi connectivity index (χ0v) is 16.7. The van der Waals surface area contributed by atoms with E-state index in [2.05, 4.69) is 0 Å². The van der Waals surface area contributed by atoms with E-state index in [1.807, 2.05) is 19.9 Å². The number of hydrogen-bond acceptors (Lipinski definition) is 4. The van der Waals surface area contributed by atoms with Crippen LogP contribution in [0, 0.1) is 0 Å². The van der Waals surface area contributed by atoms with Gasteiger partial charge in [-0.05, 0) is 72.0 Å². The minimum atomic E-state index is -1.34. The number of allylic oxidation sites excluding steroid dienone is 1. The Morgan fingerprint density at radius 3 is 2.48 bits per heavy atom. The molecule has 5 nitrogen and oxygen atoms in total. The maximum Gasteiger partial charge on any atom is 0.351 e. The van der Waals surface area contributed by atoms with Crippen molar-refractivity contribution < 1.29 is 19.1 Å². The molecule has 0 saturated carbocycles. The lowest BCUT2D eigenvalue weighted by Crippen LogP contribution is -2.13. The third-order valence-corrected chi connectivity index (χ3v) is 5.06. The Kier molecular flexibility index (Phi) is 5.99. The van der Waals surface area contributed by atoms with Crippen molar-refractivity contribution in [3.8, 4) is 0 Å². The molecular formula is C23H19ClO5. The fourth-order valence-electron chi connectivity index (χ4n) is 3.00. The highest BCUT2D eigenvalue weighted by molar-refractivity contribution is 6.30. The maximum absolute atomic E-state index is 12.4. The minimum absolute atomic E-state index is 0.0802. The first-order valence-corrected chi connectivity index (χ1v) is 9.51. The number of carboxylic acids is 1. The minimum Gasteiger partial charge on any atom is -0.477 e. The monoisotopic (exact) mass is 410 g/mol. The number of halogens is 1.